The van der Waals surface area contributed by atoms with Crippen LogP contribution in [0.5, 0.6) is 5.75 Å². The van der Waals surface area contributed by atoms with Crippen LogP contribution in [0.3, 0.4) is 0 Å². The Morgan fingerprint density at radius 1 is 1.04 bits per heavy atom. The molecule has 2 heterocycles. The Morgan fingerprint density at radius 2 is 1.81 bits per heavy atom. The monoisotopic (exact) mass is 350 g/mol. The highest BCUT2D eigenvalue weighted by Gasteiger charge is 2.22. The number of furan rings is 1. The summed E-state index contributed by atoms with van der Waals surface area (Å²) < 4.78 is 11.2. The fraction of sp³-hybridized carbons (Fsp3) is 0.286. The van der Waals surface area contributed by atoms with Gasteiger partial charge in [-0.25, -0.2) is 0 Å². The molecule has 134 valence electrons. The lowest BCUT2D eigenvalue weighted by Gasteiger charge is -2.36. The van der Waals surface area contributed by atoms with E-state index < -0.39 is 0 Å². The molecule has 26 heavy (non-hydrogen) atoms. The molecule has 0 bridgehead atoms. The number of piperazine rings is 1. The molecule has 0 N–H and O–H groups in total. The minimum Gasteiger partial charge on any atom is -0.480 e. The molecule has 4 rings (SSSR count). The molecular weight excluding hydrogens is 328 g/mol. The van der Waals surface area contributed by atoms with E-state index in [0.717, 1.165) is 18.5 Å². The third kappa shape index (κ3) is 3.38. The summed E-state index contributed by atoms with van der Waals surface area (Å²) in [6.07, 6.45) is 1.63. The van der Waals surface area contributed by atoms with Crippen molar-refractivity contribution in [2.45, 2.75) is 6.92 Å². The van der Waals surface area contributed by atoms with Crippen LogP contribution in [0.1, 0.15) is 5.56 Å². The van der Waals surface area contributed by atoms with E-state index in [1.807, 2.05) is 29.2 Å². The second-order valence-electron chi connectivity index (χ2n) is 6.59. The Labute approximate surface area is 152 Å². The van der Waals surface area contributed by atoms with Gasteiger partial charge in [0.15, 0.2) is 17.9 Å². The van der Waals surface area contributed by atoms with Gasteiger partial charge in [-0.15, -0.1) is 0 Å². The zero-order chi connectivity index (χ0) is 17.9. The number of anilines is 1. The number of amides is 1. The molecule has 0 saturated carbocycles. The van der Waals surface area contributed by atoms with E-state index in [1.165, 1.54) is 11.3 Å². The van der Waals surface area contributed by atoms with Crippen molar-refractivity contribution in [2.24, 2.45) is 0 Å². The van der Waals surface area contributed by atoms with E-state index in [1.54, 1.807) is 6.26 Å². The first kappa shape index (κ1) is 16.5. The molecule has 0 spiro atoms. The van der Waals surface area contributed by atoms with Crippen molar-refractivity contribution in [3.8, 4) is 5.75 Å². The van der Waals surface area contributed by atoms with Gasteiger partial charge in [0, 0.05) is 37.3 Å². The lowest BCUT2D eigenvalue weighted by Crippen LogP contribution is -2.50. The summed E-state index contributed by atoms with van der Waals surface area (Å²) >= 11 is 0. The Balaban J connectivity index is 1.32. The average molecular weight is 350 g/mol. The van der Waals surface area contributed by atoms with Gasteiger partial charge in [-0.2, -0.15) is 0 Å². The van der Waals surface area contributed by atoms with E-state index in [2.05, 4.69) is 36.1 Å². The molecule has 1 aromatic heterocycles. The van der Waals surface area contributed by atoms with Crippen LogP contribution in [0.2, 0.25) is 0 Å². The summed E-state index contributed by atoms with van der Waals surface area (Å²) in [6.45, 7) is 5.21. The number of nitrogens with zero attached hydrogens (tertiary/aromatic N) is 2. The highest BCUT2D eigenvalue weighted by atomic mass is 16.5. The first-order chi connectivity index (χ1) is 12.7. The first-order valence-corrected chi connectivity index (χ1v) is 8.89. The van der Waals surface area contributed by atoms with Crippen LogP contribution in [0.25, 0.3) is 11.0 Å². The van der Waals surface area contributed by atoms with E-state index >= 15 is 0 Å². The number of carbonyl (C=O) groups excluding carboxylic acids is 1. The van der Waals surface area contributed by atoms with Crippen LogP contribution in [-0.4, -0.2) is 43.6 Å². The van der Waals surface area contributed by atoms with Crippen molar-refractivity contribution in [3.05, 3.63) is 60.4 Å². The predicted molar refractivity (Wildman–Crippen MR) is 102 cm³/mol. The van der Waals surface area contributed by atoms with E-state index in [4.69, 9.17) is 9.15 Å². The van der Waals surface area contributed by atoms with Gasteiger partial charge < -0.3 is 19.0 Å². The fourth-order valence-electron chi connectivity index (χ4n) is 3.28. The second kappa shape index (κ2) is 7.12. The van der Waals surface area contributed by atoms with Crippen LogP contribution in [0.4, 0.5) is 5.69 Å². The number of benzene rings is 2. The number of aryl methyl sites for hydroxylation is 1. The summed E-state index contributed by atoms with van der Waals surface area (Å²) in [5.74, 6) is 0.622. The Morgan fingerprint density at radius 3 is 2.58 bits per heavy atom. The number of carbonyl (C=O) groups is 1. The van der Waals surface area contributed by atoms with Crippen molar-refractivity contribution < 1.29 is 13.9 Å². The second-order valence-corrected chi connectivity index (χ2v) is 6.59. The molecule has 3 aromatic rings. The molecular formula is C21H22N2O3. The molecule has 1 aliphatic rings. The van der Waals surface area contributed by atoms with Gasteiger partial charge in [0.2, 0.25) is 0 Å². The van der Waals surface area contributed by atoms with Crippen LogP contribution >= 0.6 is 0 Å². The minimum absolute atomic E-state index is 0.0112. The largest absolute Gasteiger partial charge is 0.480 e. The van der Waals surface area contributed by atoms with E-state index in [-0.39, 0.29) is 12.5 Å². The Kier molecular flexibility index (Phi) is 4.52. The first-order valence-electron chi connectivity index (χ1n) is 8.89. The molecule has 1 fully saturated rings. The summed E-state index contributed by atoms with van der Waals surface area (Å²) in [5.41, 5.74) is 3.15. The molecule has 0 unspecified atom stereocenters. The summed E-state index contributed by atoms with van der Waals surface area (Å²) in [5, 5.41) is 0.974. The summed E-state index contributed by atoms with van der Waals surface area (Å²) in [6, 6.07) is 16.1. The maximum atomic E-state index is 12.5. The third-order valence-electron chi connectivity index (χ3n) is 4.83. The minimum atomic E-state index is 0.0112. The zero-order valence-electron chi connectivity index (χ0n) is 14.9. The number of hydrogen-bond acceptors (Lipinski definition) is 4. The maximum absolute atomic E-state index is 12.5. The summed E-state index contributed by atoms with van der Waals surface area (Å²) in [7, 11) is 0. The maximum Gasteiger partial charge on any atom is 0.260 e. The number of rotatable bonds is 4. The molecule has 5 nitrogen and oxygen atoms in total. The molecule has 5 heteroatoms. The molecule has 0 atom stereocenters. The van der Waals surface area contributed by atoms with Gasteiger partial charge in [-0.05, 0) is 31.2 Å². The topological polar surface area (TPSA) is 45.9 Å². The molecule has 1 amide bonds. The van der Waals surface area contributed by atoms with Gasteiger partial charge >= 0.3 is 0 Å². The number of hydrogen-bond donors (Lipinski definition) is 0. The molecule has 0 radical (unpaired) electrons. The number of ether oxygens (including phenoxy) is 1. The van der Waals surface area contributed by atoms with Crippen molar-refractivity contribution in [3.63, 3.8) is 0 Å². The van der Waals surface area contributed by atoms with Gasteiger partial charge in [-0.1, -0.05) is 29.8 Å². The van der Waals surface area contributed by atoms with Gasteiger partial charge in [0.05, 0.1) is 6.26 Å². The standard InChI is InChI=1S/C21H22N2O3/c1-16-5-7-18(8-6-16)22-10-12-23(13-11-22)20(24)15-26-19-4-2-3-17-9-14-25-21(17)19/h2-9,14H,10-13,15H2,1H3. The van der Waals surface area contributed by atoms with Gasteiger partial charge in [0.25, 0.3) is 5.91 Å². The van der Waals surface area contributed by atoms with Crippen LogP contribution in [0, 0.1) is 6.92 Å². The Hall–Kier alpha value is -2.95. The summed E-state index contributed by atoms with van der Waals surface area (Å²) in [4.78, 5) is 16.7. The van der Waals surface area contributed by atoms with Crippen LogP contribution < -0.4 is 9.64 Å². The zero-order valence-corrected chi connectivity index (χ0v) is 14.9. The highest BCUT2D eigenvalue weighted by molar-refractivity contribution is 5.84. The normalized spacial score (nSPS) is 14.7. The van der Waals surface area contributed by atoms with Gasteiger partial charge in [0.1, 0.15) is 0 Å². The van der Waals surface area contributed by atoms with Gasteiger partial charge in [-0.3, -0.25) is 4.79 Å². The van der Waals surface area contributed by atoms with Crippen LogP contribution in [0.15, 0.2) is 59.2 Å². The Bertz CT molecular complexity index is 893. The smallest absolute Gasteiger partial charge is 0.260 e. The van der Waals surface area contributed by atoms with Crippen molar-refractivity contribution in [1.82, 2.24) is 4.90 Å². The fourth-order valence-corrected chi connectivity index (χ4v) is 3.28. The molecule has 1 aliphatic heterocycles. The van der Waals surface area contributed by atoms with Crippen LogP contribution in [-0.2, 0) is 4.79 Å². The molecule has 0 aliphatic carbocycles. The van der Waals surface area contributed by atoms with E-state index in [9.17, 15) is 4.79 Å². The highest BCUT2D eigenvalue weighted by Crippen LogP contribution is 2.26. The van der Waals surface area contributed by atoms with Crippen molar-refractivity contribution in [1.29, 1.82) is 0 Å². The average Bonchev–Trinajstić information content (AvgIpc) is 3.16. The quantitative estimate of drug-likeness (QED) is 0.723. The van der Waals surface area contributed by atoms with E-state index in [0.29, 0.717) is 24.4 Å². The lowest BCUT2D eigenvalue weighted by atomic mass is 10.2. The molecule has 2 aromatic carbocycles. The number of fused-ring (bicyclic) bond motifs is 1. The third-order valence-corrected chi connectivity index (χ3v) is 4.83. The lowest BCUT2D eigenvalue weighted by molar-refractivity contribution is -0.133. The molecule has 1 saturated heterocycles. The number of para-hydroxylation sites is 1. The predicted octanol–water partition coefficient (Wildman–Crippen LogP) is 3.47. The SMILES string of the molecule is Cc1ccc(N2CCN(C(=O)COc3cccc4ccoc34)CC2)cc1. The van der Waals surface area contributed by atoms with Crippen molar-refractivity contribution in [2.75, 3.05) is 37.7 Å². The van der Waals surface area contributed by atoms with Crippen molar-refractivity contribution >= 4 is 22.6 Å².